The fourth-order valence-corrected chi connectivity index (χ4v) is 3.15. The van der Waals surface area contributed by atoms with E-state index in [0.717, 1.165) is 36.8 Å². The number of anilines is 1. The molecule has 0 atom stereocenters. The second kappa shape index (κ2) is 3.79. The molecule has 1 fully saturated rings. The second-order valence-corrected chi connectivity index (χ2v) is 5.46. The molecule has 1 amide bonds. The van der Waals surface area contributed by atoms with Gasteiger partial charge in [-0.15, -0.1) is 0 Å². The highest BCUT2D eigenvalue weighted by Gasteiger charge is 2.35. The maximum atomic E-state index is 14.1. The predicted octanol–water partition coefficient (Wildman–Crippen LogP) is 2.07. The number of nitrogens with zero attached hydrogens (tertiary/aromatic N) is 1. The molecule has 96 valence electrons. The van der Waals surface area contributed by atoms with Crippen molar-refractivity contribution in [3.05, 3.63) is 29.1 Å². The molecule has 0 saturated heterocycles. The Bertz CT molecular complexity index is 521. The average molecular weight is 248 g/mol. The van der Waals surface area contributed by atoms with Crippen LogP contribution in [0.2, 0.25) is 0 Å². The van der Waals surface area contributed by atoms with Crippen molar-refractivity contribution in [1.82, 2.24) is 0 Å². The lowest BCUT2D eigenvalue weighted by Gasteiger charge is -2.25. The fourth-order valence-electron chi connectivity index (χ4n) is 3.15. The first kappa shape index (κ1) is 11.7. The zero-order valence-electron chi connectivity index (χ0n) is 10.5. The van der Waals surface area contributed by atoms with Gasteiger partial charge in [0.25, 0.3) is 0 Å². The van der Waals surface area contributed by atoms with Gasteiger partial charge in [0.2, 0.25) is 5.91 Å². The number of hydrogen-bond donors (Lipinski definition) is 1. The van der Waals surface area contributed by atoms with Gasteiger partial charge in [-0.2, -0.15) is 0 Å². The average Bonchev–Trinajstić information content (AvgIpc) is 2.86. The molecule has 0 spiro atoms. The van der Waals surface area contributed by atoms with Crippen LogP contribution in [0.25, 0.3) is 0 Å². The molecule has 18 heavy (non-hydrogen) atoms. The zero-order valence-corrected chi connectivity index (χ0v) is 10.5. The van der Waals surface area contributed by atoms with Crippen LogP contribution in [0.4, 0.5) is 10.1 Å². The van der Waals surface area contributed by atoms with E-state index in [-0.39, 0.29) is 18.1 Å². The van der Waals surface area contributed by atoms with E-state index in [2.05, 4.69) is 0 Å². The zero-order chi connectivity index (χ0) is 12.9. The molecule has 1 aromatic carbocycles. The summed E-state index contributed by atoms with van der Waals surface area (Å²) in [6.45, 7) is 0. The second-order valence-electron chi connectivity index (χ2n) is 5.46. The Balaban J connectivity index is 2.08. The molecule has 1 aliphatic carbocycles. The summed E-state index contributed by atoms with van der Waals surface area (Å²) in [5.41, 5.74) is 7.99. The third kappa shape index (κ3) is 1.56. The first-order valence-electron chi connectivity index (χ1n) is 6.40. The SMILES string of the molecule is CN1C(=O)Cc2cc(C3(N)CCCC3)cc(F)c21. The Morgan fingerprint density at radius 2 is 2.00 bits per heavy atom. The third-order valence-corrected chi connectivity index (χ3v) is 4.26. The monoisotopic (exact) mass is 248 g/mol. The summed E-state index contributed by atoms with van der Waals surface area (Å²) in [6, 6.07) is 3.43. The van der Waals surface area contributed by atoms with Crippen LogP contribution in [-0.2, 0) is 16.8 Å². The Morgan fingerprint density at radius 1 is 1.33 bits per heavy atom. The molecule has 0 bridgehead atoms. The highest BCUT2D eigenvalue weighted by Crippen LogP contribution is 2.40. The van der Waals surface area contributed by atoms with Gasteiger partial charge in [-0.3, -0.25) is 4.79 Å². The molecule has 0 unspecified atom stereocenters. The molecule has 0 aromatic heterocycles. The van der Waals surface area contributed by atoms with Crippen LogP contribution in [0.1, 0.15) is 36.8 Å². The van der Waals surface area contributed by atoms with Gasteiger partial charge in [0.15, 0.2) is 0 Å². The predicted molar refractivity (Wildman–Crippen MR) is 67.8 cm³/mol. The van der Waals surface area contributed by atoms with Crippen LogP contribution < -0.4 is 10.6 Å². The van der Waals surface area contributed by atoms with E-state index in [9.17, 15) is 9.18 Å². The topological polar surface area (TPSA) is 46.3 Å². The van der Waals surface area contributed by atoms with Gasteiger partial charge in [-0.1, -0.05) is 18.9 Å². The number of halogens is 1. The molecule has 3 nitrogen and oxygen atoms in total. The molecule has 3 rings (SSSR count). The summed E-state index contributed by atoms with van der Waals surface area (Å²) in [5, 5.41) is 0. The van der Waals surface area contributed by atoms with Crippen LogP contribution in [0.5, 0.6) is 0 Å². The quantitative estimate of drug-likeness (QED) is 0.827. The standard InChI is InChI=1S/C14H17FN2O/c1-17-12(18)7-9-6-10(8-11(15)13(9)17)14(16)4-2-3-5-14/h6,8H,2-5,7,16H2,1H3. The Kier molecular flexibility index (Phi) is 2.45. The van der Waals surface area contributed by atoms with Crippen molar-refractivity contribution in [2.75, 3.05) is 11.9 Å². The van der Waals surface area contributed by atoms with Crippen LogP contribution in [0.3, 0.4) is 0 Å². The van der Waals surface area contributed by atoms with Crippen molar-refractivity contribution in [1.29, 1.82) is 0 Å². The molecule has 2 aliphatic rings. The van der Waals surface area contributed by atoms with E-state index < -0.39 is 5.54 Å². The van der Waals surface area contributed by atoms with Gasteiger partial charge in [0.1, 0.15) is 5.82 Å². The Labute approximate surface area is 106 Å². The summed E-state index contributed by atoms with van der Waals surface area (Å²) < 4.78 is 14.1. The van der Waals surface area contributed by atoms with Crippen LogP contribution in [-0.4, -0.2) is 13.0 Å². The van der Waals surface area contributed by atoms with Gasteiger partial charge in [-0.05, 0) is 30.0 Å². The number of nitrogens with two attached hydrogens (primary N) is 1. The van der Waals surface area contributed by atoms with Crippen molar-refractivity contribution in [2.45, 2.75) is 37.6 Å². The fraction of sp³-hybridized carbons (Fsp3) is 0.500. The number of amides is 1. The third-order valence-electron chi connectivity index (χ3n) is 4.26. The Hall–Kier alpha value is -1.42. The van der Waals surface area contributed by atoms with E-state index in [0.29, 0.717) is 5.69 Å². The minimum atomic E-state index is -0.403. The van der Waals surface area contributed by atoms with Crippen molar-refractivity contribution in [3.8, 4) is 0 Å². The van der Waals surface area contributed by atoms with Gasteiger partial charge in [-0.25, -0.2) is 4.39 Å². The van der Waals surface area contributed by atoms with Crippen molar-refractivity contribution in [3.63, 3.8) is 0 Å². The molecular weight excluding hydrogens is 231 g/mol. The van der Waals surface area contributed by atoms with E-state index >= 15 is 0 Å². The van der Waals surface area contributed by atoms with Gasteiger partial charge in [0, 0.05) is 12.6 Å². The molecule has 1 aromatic rings. The number of fused-ring (bicyclic) bond motifs is 1. The smallest absolute Gasteiger partial charge is 0.231 e. The van der Waals surface area contributed by atoms with E-state index in [1.54, 1.807) is 7.05 Å². The van der Waals surface area contributed by atoms with Crippen LogP contribution >= 0.6 is 0 Å². The molecular formula is C14H17FN2O. The maximum absolute atomic E-state index is 14.1. The largest absolute Gasteiger partial charge is 0.321 e. The maximum Gasteiger partial charge on any atom is 0.231 e. The molecule has 1 saturated carbocycles. The normalized spacial score (nSPS) is 21.5. The lowest BCUT2D eigenvalue weighted by Crippen LogP contribution is -2.33. The molecule has 2 N–H and O–H groups in total. The number of carbonyl (C=O) groups is 1. The first-order valence-corrected chi connectivity index (χ1v) is 6.40. The summed E-state index contributed by atoms with van der Waals surface area (Å²) in [4.78, 5) is 13.0. The summed E-state index contributed by atoms with van der Waals surface area (Å²) >= 11 is 0. The van der Waals surface area contributed by atoms with E-state index in [4.69, 9.17) is 5.73 Å². The minimum Gasteiger partial charge on any atom is -0.321 e. The Morgan fingerprint density at radius 3 is 2.67 bits per heavy atom. The highest BCUT2D eigenvalue weighted by atomic mass is 19.1. The van der Waals surface area contributed by atoms with Crippen molar-refractivity contribution >= 4 is 11.6 Å². The molecule has 4 heteroatoms. The van der Waals surface area contributed by atoms with E-state index in [1.165, 1.54) is 11.0 Å². The van der Waals surface area contributed by atoms with Crippen molar-refractivity contribution < 1.29 is 9.18 Å². The highest BCUT2D eigenvalue weighted by molar-refractivity contribution is 6.01. The molecule has 1 aliphatic heterocycles. The summed E-state index contributed by atoms with van der Waals surface area (Å²) in [7, 11) is 1.62. The lowest BCUT2D eigenvalue weighted by molar-refractivity contribution is -0.117. The number of rotatable bonds is 1. The minimum absolute atomic E-state index is 0.0569. The van der Waals surface area contributed by atoms with Gasteiger partial charge >= 0.3 is 0 Å². The number of likely N-dealkylation sites (N-methyl/N-ethyl adjacent to an activating group) is 1. The first-order chi connectivity index (χ1) is 8.51. The lowest BCUT2D eigenvalue weighted by atomic mass is 9.88. The van der Waals surface area contributed by atoms with Crippen LogP contribution in [0.15, 0.2) is 12.1 Å². The van der Waals surface area contributed by atoms with E-state index in [1.807, 2.05) is 6.07 Å². The number of hydrogen-bond acceptors (Lipinski definition) is 2. The number of benzene rings is 1. The van der Waals surface area contributed by atoms with Gasteiger partial charge in [0.05, 0.1) is 12.1 Å². The van der Waals surface area contributed by atoms with Crippen molar-refractivity contribution in [2.24, 2.45) is 5.73 Å². The van der Waals surface area contributed by atoms with Gasteiger partial charge < -0.3 is 10.6 Å². The molecule has 1 heterocycles. The number of carbonyl (C=O) groups excluding carboxylic acids is 1. The summed E-state index contributed by atoms with van der Waals surface area (Å²) in [5.74, 6) is -0.383. The summed E-state index contributed by atoms with van der Waals surface area (Å²) in [6.07, 6.45) is 4.26. The molecule has 0 radical (unpaired) electrons. The van der Waals surface area contributed by atoms with Crippen LogP contribution in [0, 0.1) is 5.82 Å².